The van der Waals surface area contributed by atoms with Crippen LogP contribution in [0.15, 0.2) is 12.1 Å². The average Bonchev–Trinajstić information content (AvgIpc) is 2.58. The summed E-state index contributed by atoms with van der Waals surface area (Å²) in [5, 5.41) is 3.33. The molecule has 0 unspecified atom stereocenters. The van der Waals surface area contributed by atoms with Crippen LogP contribution in [-0.2, 0) is 6.42 Å². The molecule has 5 heteroatoms. The van der Waals surface area contributed by atoms with Gasteiger partial charge in [0.05, 0.1) is 11.0 Å². The minimum absolute atomic E-state index is 0.0459. The summed E-state index contributed by atoms with van der Waals surface area (Å²) in [6.45, 7) is 7.00. The molecule has 1 heterocycles. The van der Waals surface area contributed by atoms with E-state index in [1.807, 2.05) is 0 Å². The third-order valence-corrected chi connectivity index (χ3v) is 2.59. The Labute approximate surface area is 105 Å². The summed E-state index contributed by atoms with van der Waals surface area (Å²) in [5.74, 6) is -0.995. The van der Waals surface area contributed by atoms with Crippen molar-refractivity contribution in [3.8, 4) is 0 Å². The first-order chi connectivity index (χ1) is 8.35. The largest absolute Gasteiger partial charge is 0.342 e. The number of benzene rings is 1. The third kappa shape index (κ3) is 3.04. The van der Waals surface area contributed by atoms with Crippen molar-refractivity contribution in [2.45, 2.75) is 32.7 Å². The number of aromatic nitrogens is 2. The Balaban J connectivity index is 2.11. The molecule has 98 valence electrons. The van der Waals surface area contributed by atoms with E-state index in [2.05, 4.69) is 36.1 Å². The van der Waals surface area contributed by atoms with Gasteiger partial charge in [-0.1, -0.05) is 0 Å². The molecular formula is C13H17F2N3. The maximum atomic E-state index is 13.0. The van der Waals surface area contributed by atoms with Gasteiger partial charge in [-0.15, -0.1) is 0 Å². The summed E-state index contributed by atoms with van der Waals surface area (Å²) < 4.78 is 26.1. The Morgan fingerprint density at radius 1 is 1.22 bits per heavy atom. The van der Waals surface area contributed by atoms with Crippen LogP contribution in [-0.4, -0.2) is 22.1 Å². The lowest BCUT2D eigenvalue weighted by Crippen LogP contribution is -2.37. The van der Waals surface area contributed by atoms with Crippen LogP contribution in [0.1, 0.15) is 26.6 Å². The fraction of sp³-hybridized carbons (Fsp3) is 0.462. The Kier molecular flexibility index (Phi) is 3.34. The molecule has 1 aromatic heterocycles. The number of fused-ring (bicyclic) bond motifs is 1. The zero-order chi connectivity index (χ0) is 13.3. The van der Waals surface area contributed by atoms with Gasteiger partial charge in [-0.25, -0.2) is 13.8 Å². The summed E-state index contributed by atoms with van der Waals surface area (Å²) in [5.41, 5.74) is 1.03. The molecule has 2 N–H and O–H groups in total. The quantitative estimate of drug-likeness (QED) is 0.883. The monoisotopic (exact) mass is 253 g/mol. The van der Waals surface area contributed by atoms with Crippen LogP contribution >= 0.6 is 0 Å². The van der Waals surface area contributed by atoms with Crippen molar-refractivity contribution in [3.63, 3.8) is 0 Å². The minimum atomic E-state index is -0.867. The van der Waals surface area contributed by atoms with Crippen LogP contribution in [0.3, 0.4) is 0 Å². The van der Waals surface area contributed by atoms with E-state index in [0.717, 1.165) is 24.5 Å². The molecule has 0 aliphatic heterocycles. The van der Waals surface area contributed by atoms with Gasteiger partial charge in [0.15, 0.2) is 11.6 Å². The molecule has 0 radical (unpaired) electrons. The van der Waals surface area contributed by atoms with Gasteiger partial charge in [-0.3, -0.25) is 0 Å². The molecule has 0 aliphatic rings. The second-order valence-corrected chi connectivity index (χ2v) is 5.39. The van der Waals surface area contributed by atoms with Gasteiger partial charge in [0.2, 0.25) is 0 Å². The first-order valence-electron chi connectivity index (χ1n) is 5.94. The molecule has 18 heavy (non-hydrogen) atoms. The van der Waals surface area contributed by atoms with E-state index in [1.165, 1.54) is 0 Å². The lowest BCUT2D eigenvalue weighted by molar-refractivity contribution is 0.428. The number of H-pyrrole nitrogens is 1. The summed E-state index contributed by atoms with van der Waals surface area (Å²) >= 11 is 0. The highest BCUT2D eigenvalue weighted by Crippen LogP contribution is 2.16. The summed E-state index contributed by atoms with van der Waals surface area (Å²) in [6.07, 6.45) is 0.690. The normalized spacial score (nSPS) is 12.3. The standard InChI is InChI=1S/C13H17F2N3/c1-13(2,3)16-5-4-12-17-10-6-8(14)9(15)7-11(10)18-12/h6-7,16H,4-5H2,1-3H3,(H,17,18). The van der Waals surface area contributed by atoms with Crippen molar-refractivity contribution in [1.29, 1.82) is 0 Å². The molecule has 0 bridgehead atoms. The first kappa shape index (κ1) is 13.0. The SMILES string of the molecule is CC(C)(C)NCCc1nc2cc(F)c(F)cc2[nH]1. The highest BCUT2D eigenvalue weighted by atomic mass is 19.2. The van der Waals surface area contributed by atoms with Gasteiger partial charge < -0.3 is 10.3 Å². The molecule has 0 aliphatic carbocycles. The predicted molar refractivity (Wildman–Crippen MR) is 67.5 cm³/mol. The van der Waals surface area contributed by atoms with Gasteiger partial charge in [-0.2, -0.15) is 0 Å². The van der Waals surface area contributed by atoms with Crippen molar-refractivity contribution < 1.29 is 8.78 Å². The Hall–Kier alpha value is -1.49. The predicted octanol–water partition coefficient (Wildman–Crippen LogP) is 2.77. The average molecular weight is 253 g/mol. The minimum Gasteiger partial charge on any atom is -0.342 e. The number of hydrogen-bond donors (Lipinski definition) is 2. The van der Waals surface area contributed by atoms with Crippen molar-refractivity contribution >= 4 is 11.0 Å². The van der Waals surface area contributed by atoms with E-state index in [9.17, 15) is 8.78 Å². The van der Waals surface area contributed by atoms with E-state index in [4.69, 9.17) is 0 Å². The number of hydrogen-bond acceptors (Lipinski definition) is 2. The van der Waals surface area contributed by atoms with E-state index in [0.29, 0.717) is 17.5 Å². The lowest BCUT2D eigenvalue weighted by atomic mass is 10.1. The topological polar surface area (TPSA) is 40.7 Å². The molecule has 0 spiro atoms. The maximum Gasteiger partial charge on any atom is 0.161 e. The van der Waals surface area contributed by atoms with Gasteiger partial charge in [0.1, 0.15) is 5.82 Å². The second kappa shape index (κ2) is 4.65. The molecule has 1 aromatic carbocycles. The van der Waals surface area contributed by atoms with Crippen LogP contribution in [0.5, 0.6) is 0 Å². The van der Waals surface area contributed by atoms with Crippen molar-refractivity contribution in [1.82, 2.24) is 15.3 Å². The van der Waals surface area contributed by atoms with Gasteiger partial charge in [0, 0.05) is 30.6 Å². The van der Waals surface area contributed by atoms with E-state index in [-0.39, 0.29) is 5.54 Å². The van der Waals surface area contributed by atoms with E-state index < -0.39 is 11.6 Å². The fourth-order valence-corrected chi connectivity index (χ4v) is 1.73. The summed E-state index contributed by atoms with van der Waals surface area (Å²) in [7, 11) is 0. The third-order valence-electron chi connectivity index (χ3n) is 2.59. The van der Waals surface area contributed by atoms with Crippen molar-refractivity contribution in [3.05, 3.63) is 29.6 Å². The number of halogens is 2. The molecular weight excluding hydrogens is 236 g/mol. The molecule has 0 saturated heterocycles. The maximum absolute atomic E-state index is 13.0. The van der Waals surface area contributed by atoms with E-state index in [1.54, 1.807) is 0 Å². The van der Waals surface area contributed by atoms with Crippen molar-refractivity contribution in [2.24, 2.45) is 0 Å². The van der Waals surface area contributed by atoms with Gasteiger partial charge in [-0.05, 0) is 20.8 Å². The van der Waals surface area contributed by atoms with Crippen LogP contribution in [0.25, 0.3) is 11.0 Å². The molecule has 3 nitrogen and oxygen atoms in total. The van der Waals surface area contributed by atoms with Crippen LogP contribution < -0.4 is 5.32 Å². The molecule has 0 saturated carbocycles. The van der Waals surface area contributed by atoms with Gasteiger partial charge in [0.25, 0.3) is 0 Å². The highest BCUT2D eigenvalue weighted by Gasteiger charge is 2.10. The van der Waals surface area contributed by atoms with Crippen LogP contribution in [0, 0.1) is 11.6 Å². The lowest BCUT2D eigenvalue weighted by Gasteiger charge is -2.19. The van der Waals surface area contributed by atoms with Crippen LogP contribution in [0.4, 0.5) is 8.78 Å². The van der Waals surface area contributed by atoms with E-state index >= 15 is 0 Å². The molecule has 0 fully saturated rings. The fourth-order valence-electron chi connectivity index (χ4n) is 1.73. The number of nitrogens with one attached hydrogen (secondary N) is 2. The molecule has 2 aromatic rings. The Morgan fingerprint density at radius 3 is 2.56 bits per heavy atom. The zero-order valence-corrected chi connectivity index (χ0v) is 10.8. The zero-order valence-electron chi connectivity index (χ0n) is 10.8. The summed E-state index contributed by atoms with van der Waals surface area (Å²) in [4.78, 5) is 7.22. The molecule has 2 rings (SSSR count). The highest BCUT2D eigenvalue weighted by molar-refractivity contribution is 5.75. The first-order valence-corrected chi connectivity index (χ1v) is 5.94. The number of aromatic amines is 1. The summed E-state index contributed by atoms with van der Waals surface area (Å²) in [6, 6.07) is 2.25. The van der Waals surface area contributed by atoms with Gasteiger partial charge >= 0.3 is 0 Å². The Bertz CT molecular complexity index is 516. The second-order valence-electron chi connectivity index (χ2n) is 5.39. The smallest absolute Gasteiger partial charge is 0.161 e. The number of nitrogens with zero attached hydrogens (tertiary/aromatic N) is 1. The number of imidazole rings is 1. The van der Waals surface area contributed by atoms with Crippen molar-refractivity contribution in [2.75, 3.05) is 6.54 Å². The number of rotatable bonds is 3. The van der Waals surface area contributed by atoms with Crippen LogP contribution in [0.2, 0.25) is 0 Å². The molecule has 0 amide bonds. The molecule has 0 atom stereocenters. The Morgan fingerprint density at radius 2 is 1.89 bits per heavy atom.